The van der Waals surface area contributed by atoms with Crippen LogP contribution < -0.4 is 0 Å². The summed E-state index contributed by atoms with van der Waals surface area (Å²) in [4.78, 5) is 0. The van der Waals surface area contributed by atoms with Gasteiger partial charge in [0.25, 0.3) is 0 Å². The minimum Gasteiger partial charge on any atom is -0.392 e. The van der Waals surface area contributed by atoms with Crippen molar-refractivity contribution >= 4 is 0 Å². The third-order valence-electron chi connectivity index (χ3n) is 5.02. The highest BCUT2D eigenvalue weighted by Crippen LogP contribution is 2.25. The fraction of sp³-hybridized carbons (Fsp3) is 0.478. The Morgan fingerprint density at radius 1 is 0.640 bits per heavy atom. The molecule has 0 radical (unpaired) electrons. The van der Waals surface area contributed by atoms with Gasteiger partial charge >= 0.3 is 0 Å². The lowest BCUT2D eigenvalue weighted by atomic mass is 9.88. The van der Waals surface area contributed by atoms with Crippen molar-refractivity contribution in [3.05, 3.63) is 69.8 Å². The van der Waals surface area contributed by atoms with E-state index in [0.717, 1.165) is 56.1 Å². The van der Waals surface area contributed by atoms with Gasteiger partial charge in [0.05, 0.1) is 13.2 Å². The van der Waals surface area contributed by atoms with Crippen LogP contribution >= 0.6 is 0 Å². The molecule has 0 unspecified atom stereocenters. The van der Waals surface area contributed by atoms with E-state index >= 15 is 0 Å². The number of hydrogen-bond acceptors (Lipinski definition) is 2. The molecule has 2 nitrogen and oxygen atoms in total. The van der Waals surface area contributed by atoms with E-state index in [-0.39, 0.29) is 13.2 Å². The Kier molecular flexibility index (Phi) is 8.17. The van der Waals surface area contributed by atoms with E-state index in [2.05, 4.69) is 38.1 Å². The molecular weight excluding hydrogens is 308 g/mol. The van der Waals surface area contributed by atoms with Gasteiger partial charge in [0.2, 0.25) is 0 Å². The van der Waals surface area contributed by atoms with E-state index in [9.17, 15) is 10.2 Å². The van der Waals surface area contributed by atoms with E-state index in [1.165, 1.54) is 22.3 Å². The number of hydrogen-bond donors (Lipinski definition) is 2. The first-order chi connectivity index (χ1) is 12.2. The van der Waals surface area contributed by atoms with Crippen LogP contribution in [0.4, 0.5) is 0 Å². The van der Waals surface area contributed by atoms with Gasteiger partial charge in [0, 0.05) is 0 Å². The summed E-state index contributed by atoms with van der Waals surface area (Å²) in [5, 5.41) is 19.5. The molecule has 2 N–H and O–H groups in total. The summed E-state index contributed by atoms with van der Waals surface area (Å²) in [6.07, 6.45) is 7.51. The molecule has 2 aromatic carbocycles. The molecule has 0 aliphatic rings. The zero-order chi connectivity index (χ0) is 18.1. The van der Waals surface area contributed by atoms with Crippen molar-refractivity contribution in [2.75, 3.05) is 0 Å². The van der Waals surface area contributed by atoms with Gasteiger partial charge in [-0.25, -0.2) is 0 Å². The van der Waals surface area contributed by atoms with E-state index in [4.69, 9.17) is 0 Å². The first kappa shape index (κ1) is 19.7. The quantitative estimate of drug-likeness (QED) is 0.642. The number of aliphatic hydroxyl groups excluding tert-OH is 2. The maximum Gasteiger partial charge on any atom is 0.0684 e. The van der Waals surface area contributed by atoms with Crippen LogP contribution in [0.15, 0.2) is 36.4 Å². The summed E-state index contributed by atoms with van der Waals surface area (Å²) >= 11 is 0. The van der Waals surface area contributed by atoms with Crippen molar-refractivity contribution in [2.24, 2.45) is 0 Å². The second-order valence-electron chi connectivity index (χ2n) is 6.81. The van der Waals surface area contributed by atoms with Crippen molar-refractivity contribution in [2.45, 2.75) is 72.0 Å². The van der Waals surface area contributed by atoms with Crippen LogP contribution in [0, 0.1) is 0 Å². The fourth-order valence-electron chi connectivity index (χ4n) is 3.56. The lowest BCUT2D eigenvalue weighted by Gasteiger charge is -2.17. The monoisotopic (exact) mass is 340 g/mol. The molecule has 0 fully saturated rings. The lowest BCUT2D eigenvalue weighted by Crippen LogP contribution is -2.05. The first-order valence-corrected chi connectivity index (χ1v) is 9.66. The van der Waals surface area contributed by atoms with E-state index in [1.807, 2.05) is 12.1 Å². The molecule has 0 aliphatic heterocycles. The molecule has 0 bridgehead atoms. The molecule has 25 heavy (non-hydrogen) atoms. The maximum absolute atomic E-state index is 9.73. The maximum atomic E-state index is 9.73. The van der Waals surface area contributed by atoms with Crippen molar-refractivity contribution in [1.29, 1.82) is 0 Å². The highest BCUT2D eigenvalue weighted by molar-refractivity contribution is 5.43. The van der Waals surface area contributed by atoms with Gasteiger partial charge in [-0.05, 0) is 65.5 Å². The van der Waals surface area contributed by atoms with Crippen molar-refractivity contribution in [1.82, 2.24) is 0 Å². The standard InChI is InChI=1S/C23H32O2/c1-3-5-13-22-18(9-7-11-20(22)16-24)15-19-10-8-12-21(17-25)23(19)14-6-4-2/h7-12,24-25H,3-6,13-17H2,1-2H3. The van der Waals surface area contributed by atoms with Gasteiger partial charge in [-0.1, -0.05) is 63.1 Å². The smallest absolute Gasteiger partial charge is 0.0684 e. The highest BCUT2D eigenvalue weighted by Gasteiger charge is 2.12. The summed E-state index contributed by atoms with van der Waals surface area (Å²) in [5.41, 5.74) is 7.35. The summed E-state index contributed by atoms with van der Waals surface area (Å²) < 4.78 is 0. The van der Waals surface area contributed by atoms with Gasteiger partial charge < -0.3 is 10.2 Å². The third kappa shape index (κ3) is 5.17. The van der Waals surface area contributed by atoms with Crippen LogP contribution in [0.3, 0.4) is 0 Å². The molecule has 0 aromatic heterocycles. The van der Waals surface area contributed by atoms with Crippen LogP contribution in [-0.4, -0.2) is 10.2 Å². The minimum atomic E-state index is 0.103. The predicted molar refractivity (Wildman–Crippen MR) is 105 cm³/mol. The second-order valence-corrected chi connectivity index (χ2v) is 6.81. The molecule has 136 valence electrons. The van der Waals surface area contributed by atoms with E-state index in [1.54, 1.807) is 0 Å². The van der Waals surface area contributed by atoms with Crippen LogP contribution in [0.1, 0.15) is 72.9 Å². The summed E-state index contributed by atoms with van der Waals surface area (Å²) in [7, 11) is 0. The van der Waals surface area contributed by atoms with E-state index < -0.39 is 0 Å². The Labute approximate surface area is 152 Å². The second kappa shape index (κ2) is 10.4. The third-order valence-corrected chi connectivity index (χ3v) is 5.02. The molecule has 0 spiro atoms. The molecule has 0 saturated heterocycles. The van der Waals surface area contributed by atoms with E-state index in [0.29, 0.717) is 0 Å². The number of rotatable bonds is 10. The topological polar surface area (TPSA) is 40.5 Å². The Morgan fingerprint density at radius 3 is 1.40 bits per heavy atom. The van der Waals surface area contributed by atoms with Crippen LogP contribution in [0.5, 0.6) is 0 Å². The van der Waals surface area contributed by atoms with Crippen molar-refractivity contribution in [3.8, 4) is 0 Å². The lowest BCUT2D eigenvalue weighted by molar-refractivity contribution is 0.280. The molecule has 2 heteroatoms. The zero-order valence-corrected chi connectivity index (χ0v) is 15.7. The van der Waals surface area contributed by atoms with Gasteiger partial charge in [0.1, 0.15) is 0 Å². The average molecular weight is 341 g/mol. The molecular formula is C23H32O2. The number of unbranched alkanes of at least 4 members (excludes halogenated alkanes) is 2. The summed E-state index contributed by atoms with van der Waals surface area (Å²) in [5.74, 6) is 0. The number of aliphatic hydroxyl groups is 2. The Bertz CT molecular complexity index is 604. The molecule has 0 aliphatic carbocycles. The largest absolute Gasteiger partial charge is 0.392 e. The first-order valence-electron chi connectivity index (χ1n) is 9.66. The SMILES string of the molecule is CCCCc1c(CO)cccc1Cc1cccc(CO)c1CCCC. The Hall–Kier alpha value is -1.64. The normalized spacial score (nSPS) is 11.0. The Balaban J connectivity index is 2.38. The molecule has 2 aromatic rings. The average Bonchev–Trinajstić information content (AvgIpc) is 2.65. The molecule has 0 amide bonds. The predicted octanol–water partition coefficient (Wildman–Crippen LogP) is 4.95. The van der Waals surface area contributed by atoms with Crippen LogP contribution in [0.2, 0.25) is 0 Å². The van der Waals surface area contributed by atoms with Gasteiger partial charge in [-0.2, -0.15) is 0 Å². The van der Waals surface area contributed by atoms with Crippen molar-refractivity contribution < 1.29 is 10.2 Å². The molecule has 0 atom stereocenters. The molecule has 2 rings (SSSR count). The van der Waals surface area contributed by atoms with Gasteiger partial charge in [0.15, 0.2) is 0 Å². The fourth-order valence-corrected chi connectivity index (χ4v) is 3.56. The highest BCUT2D eigenvalue weighted by atomic mass is 16.3. The van der Waals surface area contributed by atoms with Gasteiger partial charge in [-0.15, -0.1) is 0 Å². The van der Waals surface area contributed by atoms with Gasteiger partial charge in [-0.3, -0.25) is 0 Å². The van der Waals surface area contributed by atoms with Crippen molar-refractivity contribution in [3.63, 3.8) is 0 Å². The molecule has 0 heterocycles. The van der Waals surface area contributed by atoms with Crippen LogP contribution in [0.25, 0.3) is 0 Å². The summed E-state index contributed by atoms with van der Waals surface area (Å²) in [6.45, 7) is 4.61. The summed E-state index contributed by atoms with van der Waals surface area (Å²) in [6, 6.07) is 12.6. The minimum absolute atomic E-state index is 0.103. The Morgan fingerprint density at radius 2 is 1.04 bits per heavy atom. The number of benzene rings is 2. The molecule has 0 saturated carbocycles. The zero-order valence-electron chi connectivity index (χ0n) is 15.7. The van der Waals surface area contributed by atoms with Crippen LogP contribution in [-0.2, 0) is 32.5 Å².